The molecular formula is C14H21NO. The predicted octanol–water partition coefficient (Wildman–Crippen LogP) is 4.44. The summed E-state index contributed by atoms with van der Waals surface area (Å²) in [7, 11) is 0. The van der Waals surface area contributed by atoms with Gasteiger partial charge in [-0.05, 0) is 17.5 Å². The van der Waals surface area contributed by atoms with Crippen LogP contribution < -0.4 is 0 Å². The second kappa shape index (κ2) is 5.15. The van der Waals surface area contributed by atoms with Crippen LogP contribution in [0.4, 0.5) is 0 Å². The van der Waals surface area contributed by atoms with Gasteiger partial charge < -0.3 is 4.42 Å². The first-order valence-corrected chi connectivity index (χ1v) is 5.89. The third-order valence-corrected chi connectivity index (χ3v) is 2.02. The Hall–Kier alpha value is -1.31. The van der Waals surface area contributed by atoms with Crippen LogP contribution in [0.2, 0.25) is 0 Å². The van der Waals surface area contributed by atoms with Crippen LogP contribution in [0.5, 0.6) is 0 Å². The Balaban J connectivity index is 0.000000606. The maximum atomic E-state index is 5.63. The highest BCUT2D eigenvalue weighted by molar-refractivity contribution is 5.72. The molecule has 16 heavy (non-hydrogen) atoms. The van der Waals surface area contributed by atoms with Crippen molar-refractivity contribution in [3.63, 3.8) is 0 Å². The zero-order valence-corrected chi connectivity index (χ0v) is 10.9. The Labute approximate surface area is 97.7 Å². The van der Waals surface area contributed by atoms with Gasteiger partial charge in [0, 0.05) is 6.42 Å². The van der Waals surface area contributed by atoms with Gasteiger partial charge in [0.2, 0.25) is 0 Å². The van der Waals surface area contributed by atoms with Crippen LogP contribution >= 0.6 is 0 Å². The van der Waals surface area contributed by atoms with Crippen LogP contribution in [0, 0.1) is 5.41 Å². The van der Waals surface area contributed by atoms with Crippen molar-refractivity contribution in [3.8, 4) is 0 Å². The van der Waals surface area contributed by atoms with Crippen LogP contribution in [-0.4, -0.2) is 4.98 Å². The van der Waals surface area contributed by atoms with Gasteiger partial charge in [-0.2, -0.15) is 0 Å². The Kier molecular flexibility index (Phi) is 4.11. The van der Waals surface area contributed by atoms with Crippen LogP contribution in [0.1, 0.15) is 40.5 Å². The number of rotatable bonds is 1. The van der Waals surface area contributed by atoms with Crippen molar-refractivity contribution in [1.82, 2.24) is 4.98 Å². The molecule has 0 spiro atoms. The number of fused-ring (bicyclic) bond motifs is 1. The summed E-state index contributed by atoms with van der Waals surface area (Å²) in [4.78, 5) is 4.43. The molecule has 2 rings (SSSR count). The molecule has 1 aromatic carbocycles. The van der Waals surface area contributed by atoms with E-state index in [9.17, 15) is 0 Å². The minimum atomic E-state index is 0.223. The first kappa shape index (κ1) is 12.8. The lowest BCUT2D eigenvalue weighted by atomic mass is 9.92. The van der Waals surface area contributed by atoms with Gasteiger partial charge in [0.15, 0.2) is 11.5 Å². The maximum Gasteiger partial charge on any atom is 0.195 e. The molecule has 2 heteroatoms. The van der Waals surface area contributed by atoms with Crippen LogP contribution in [-0.2, 0) is 6.42 Å². The van der Waals surface area contributed by atoms with Gasteiger partial charge >= 0.3 is 0 Å². The minimum absolute atomic E-state index is 0.223. The number of hydrogen-bond acceptors (Lipinski definition) is 2. The number of aromatic nitrogens is 1. The zero-order chi connectivity index (χ0) is 12.2. The van der Waals surface area contributed by atoms with Crippen LogP contribution in [0.25, 0.3) is 11.1 Å². The summed E-state index contributed by atoms with van der Waals surface area (Å²) >= 11 is 0. The molecule has 0 atom stereocenters. The average molecular weight is 219 g/mol. The molecule has 0 aliphatic carbocycles. The van der Waals surface area contributed by atoms with Crippen molar-refractivity contribution < 1.29 is 4.42 Å². The average Bonchev–Trinajstić information content (AvgIpc) is 2.59. The summed E-state index contributed by atoms with van der Waals surface area (Å²) in [5.74, 6) is 0.832. The summed E-state index contributed by atoms with van der Waals surface area (Å²) in [6, 6.07) is 7.87. The lowest BCUT2D eigenvalue weighted by molar-refractivity contribution is 0.362. The number of nitrogens with zero attached hydrogens (tertiary/aromatic N) is 1. The fourth-order valence-corrected chi connectivity index (χ4v) is 1.45. The Morgan fingerprint density at radius 2 is 1.75 bits per heavy atom. The van der Waals surface area contributed by atoms with E-state index in [0.29, 0.717) is 0 Å². The monoisotopic (exact) mass is 219 g/mol. The largest absolute Gasteiger partial charge is 0.441 e. The van der Waals surface area contributed by atoms with Crippen LogP contribution in [0.3, 0.4) is 0 Å². The maximum absolute atomic E-state index is 5.63. The fraction of sp³-hybridized carbons (Fsp3) is 0.500. The van der Waals surface area contributed by atoms with E-state index in [1.54, 1.807) is 0 Å². The molecule has 0 radical (unpaired) electrons. The SMILES string of the molecule is CC.CC(C)(C)Cc1nc2ccccc2o1. The Morgan fingerprint density at radius 3 is 2.31 bits per heavy atom. The second-order valence-electron chi connectivity index (χ2n) is 4.81. The van der Waals surface area contributed by atoms with Gasteiger partial charge in [-0.15, -0.1) is 0 Å². The van der Waals surface area contributed by atoms with E-state index in [1.807, 2.05) is 38.1 Å². The predicted molar refractivity (Wildman–Crippen MR) is 68.5 cm³/mol. The van der Waals surface area contributed by atoms with Crippen molar-refractivity contribution >= 4 is 11.1 Å². The normalized spacial score (nSPS) is 11.1. The molecule has 0 saturated heterocycles. The van der Waals surface area contributed by atoms with E-state index in [4.69, 9.17) is 4.42 Å². The molecule has 0 amide bonds. The van der Waals surface area contributed by atoms with Gasteiger partial charge in [0.1, 0.15) is 5.52 Å². The third kappa shape index (κ3) is 3.37. The Morgan fingerprint density at radius 1 is 1.12 bits per heavy atom. The first-order valence-electron chi connectivity index (χ1n) is 5.89. The summed E-state index contributed by atoms with van der Waals surface area (Å²) in [5.41, 5.74) is 2.06. The van der Waals surface area contributed by atoms with E-state index in [-0.39, 0.29) is 5.41 Å². The van der Waals surface area contributed by atoms with Crippen molar-refractivity contribution in [1.29, 1.82) is 0 Å². The molecule has 0 N–H and O–H groups in total. The van der Waals surface area contributed by atoms with Crippen LogP contribution in [0.15, 0.2) is 28.7 Å². The molecule has 1 aromatic heterocycles. The van der Waals surface area contributed by atoms with Crippen molar-refractivity contribution in [3.05, 3.63) is 30.2 Å². The molecule has 0 aliphatic rings. The molecule has 1 heterocycles. The highest BCUT2D eigenvalue weighted by Crippen LogP contribution is 2.23. The highest BCUT2D eigenvalue weighted by Gasteiger charge is 2.15. The summed E-state index contributed by atoms with van der Waals surface area (Å²) in [6.07, 6.45) is 0.877. The minimum Gasteiger partial charge on any atom is -0.441 e. The molecule has 0 aliphatic heterocycles. The first-order chi connectivity index (χ1) is 7.54. The summed E-state index contributed by atoms with van der Waals surface area (Å²) in [5, 5.41) is 0. The van der Waals surface area contributed by atoms with Crippen molar-refractivity contribution in [2.75, 3.05) is 0 Å². The second-order valence-corrected chi connectivity index (χ2v) is 4.81. The fourth-order valence-electron chi connectivity index (χ4n) is 1.45. The summed E-state index contributed by atoms with van der Waals surface area (Å²) < 4.78 is 5.63. The van der Waals surface area contributed by atoms with Gasteiger partial charge in [0.25, 0.3) is 0 Å². The molecule has 2 nitrogen and oxygen atoms in total. The smallest absolute Gasteiger partial charge is 0.195 e. The van der Waals surface area contributed by atoms with Crippen molar-refractivity contribution in [2.24, 2.45) is 5.41 Å². The van der Waals surface area contributed by atoms with E-state index >= 15 is 0 Å². The van der Waals surface area contributed by atoms with Gasteiger partial charge in [-0.1, -0.05) is 46.8 Å². The highest BCUT2D eigenvalue weighted by atomic mass is 16.3. The topological polar surface area (TPSA) is 26.0 Å². The molecule has 2 aromatic rings. The lowest BCUT2D eigenvalue weighted by Crippen LogP contribution is -2.09. The number of para-hydroxylation sites is 2. The van der Waals surface area contributed by atoms with E-state index in [1.165, 1.54) is 0 Å². The third-order valence-electron chi connectivity index (χ3n) is 2.02. The Bertz CT molecular complexity index is 404. The molecule has 0 unspecified atom stereocenters. The van der Waals surface area contributed by atoms with E-state index < -0.39 is 0 Å². The van der Waals surface area contributed by atoms with Crippen molar-refractivity contribution in [2.45, 2.75) is 41.0 Å². The van der Waals surface area contributed by atoms with Gasteiger partial charge in [-0.25, -0.2) is 4.98 Å². The number of benzene rings is 1. The quantitative estimate of drug-likeness (QED) is 0.708. The standard InChI is InChI=1S/C12H15NO.C2H6/c1-12(2,3)8-11-13-9-6-4-5-7-10(9)14-11;1-2/h4-7H,8H2,1-3H3;1-2H3. The van der Waals surface area contributed by atoms with E-state index in [0.717, 1.165) is 23.4 Å². The van der Waals surface area contributed by atoms with E-state index in [2.05, 4.69) is 25.8 Å². The molecule has 0 bridgehead atoms. The van der Waals surface area contributed by atoms with Gasteiger partial charge in [-0.3, -0.25) is 0 Å². The zero-order valence-electron chi connectivity index (χ0n) is 10.9. The van der Waals surface area contributed by atoms with Gasteiger partial charge in [0.05, 0.1) is 0 Å². The lowest BCUT2D eigenvalue weighted by Gasteiger charge is -2.14. The molecular weight excluding hydrogens is 198 g/mol. The molecule has 88 valence electrons. The number of hydrogen-bond donors (Lipinski definition) is 0. The molecule has 0 fully saturated rings. The molecule has 0 saturated carbocycles. The number of oxazole rings is 1. The summed E-state index contributed by atoms with van der Waals surface area (Å²) in [6.45, 7) is 10.5.